The van der Waals surface area contributed by atoms with Gasteiger partial charge in [0.15, 0.2) is 0 Å². The van der Waals surface area contributed by atoms with E-state index in [1.807, 2.05) is 26.2 Å². The second-order valence-corrected chi connectivity index (χ2v) is 4.01. The first-order valence-corrected chi connectivity index (χ1v) is 5.45. The fourth-order valence-electron chi connectivity index (χ4n) is 1.46. The molecular weight excluding hydrogens is 216 g/mol. The van der Waals surface area contributed by atoms with E-state index < -0.39 is 0 Å². The van der Waals surface area contributed by atoms with Crippen LogP contribution in [0.2, 0.25) is 0 Å². The summed E-state index contributed by atoms with van der Waals surface area (Å²) in [5.41, 5.74) is 2.20. The van der Waals surface area contributed by atoms with Crippen LogP contribution < -0.4 is 10.2 Å². The lowest BCUT2D eigenvalue weighted by Crippen LogP contribution is -2.08. The molecule has 0 aliphatic rings. The van der Waals surface area contributed by atoms with Crippen molar-refractivity contribution in [3.63, 3.8) is 0 Å². The van der Waals surface area contributed by atoms with Gasteiger partial charge in [-0.25, -0.2) is 0 Å². The van der Waals surface area contributed by atoms with Crippen molar-refractivity contribution in [2.45, 2.75) is 13.5 Å². The molecule has 1 aromatic carbocycles. The Hall–Kier alpha value is -2.04. The summed E-state index contributed by atoms with van der Waals surface area (Å²) in [6.07, 6.45) is 0. The molecule has 5 heteroatoms. The van der Waals surface area contributed by atoms with Gasteiger partial charge >= 0.3 is 0 Å². The lowest BCUT2D eigenvalue weighted by molar-refractivity contribution is 0.475. The van der Waals surface area contributed by atoms with Gasteiger partial charge in [0.1, 0.15) is 0 Å². The zero-order chi connectivity index (χ0) is 12.3. The highest BCUT2D eigenvalue weighted by molar-refractivity contribution is 5.54. The van der Waals surface area contributed by atoms with E-state index in [0.29, 0.717) is 18.3 Å². The van der Waals surface area contributed by atoms with Gasteiger partial charge in [0.05, 0.1) is 6.54 Å². The van der Waals surface area contributed by atoms with Gasteiger partial charge in [0.2, 0.25) is 11.8 Å². The molecule has 0 atom stereocenters. The second kappa shape index (κ2) is 4.86. The van der Waals surface area contributed by atoms with E-state index in [1.165, 1.54) is 5.69 Å². The number of rotatable bonds is 4. The number of nitrogens with zero attached hydrogens (tertiary/aromatic N) is 3. The number of nitrogens with one attached hydrogen (secondary N) is 1. The van der Waals surface area contributed by atoms with Gasteiger partial charge in [0.25, 0.3) is 0 Å². The van der Waals surface area contributed by atoms with E-state index in [0.717, 1.165) is 5.69 Å². The maximum Gasteiger partial charge on any atom is 0.235 e. The van der Waals surface area contributed by atoms with Crippen LogP contribution in [-0.4, -0.2) is 24.3 Å². The molecular formula is C12H16N4O. The van der Waals surface area contributed by atoms with Crippen LogP contribution in [0, 0.1) is 6.92 Å². The molecule has 0 saturated carbocycles. The Morgan fingerprint density at radius 1 is 1.18 bits per heavy atom. The van der Waals surface area contributed by atoms with Gasteiger partial charge in [0, 0.05) is 32.4 Å². The summed E-state index contributed by atoms with van der Waals surface area (Å²) in [4.78, 5) is 2.06. The summed E-state index contributed by atoms with van der Waals surface area (Å²) in [6, 6.07) is 8.17. The van der Waals surface area contributed by atoms with Gasteiger partial charge < -0.3 is 14.6 Å². The average Bonchev–Trinajstić information content (AvgIpc) is 2.73. The fourth-order valence-corrected chi connectivity index (χ4v) is 1.46. The number of benzene rings is 1. The van der Waals surface area contributed by atoms with Crippen molar-refractivity contribution < 1.29 is 4.42 Å². The summed E-state index contributed by atoms with van der Waals surface area (Å²) in [5.74, 6) is 1.18. The number of aryl methyl sites for hydroxylation is 1. The Balaban J connectivity index is 1.95. The van der Waals surface area contributed by atoms with Gasteiger partial charge in [-0.1, -0.05) is 0 Å². The Morgan fingerprint density at radius 3 is 2.41 bits per heavy atom. The van der Waals surface area contributed by atoms with E-state index in [-0.39, 0.29) is 0 Å². The lowest BCUT2D eigenvalue weighted by atomic mass is 10.2. The van der Waals surface area contributed by atoms with Crippen LogP contribution >= 0.6 is 0 Å². The Labute approximate surface area is 100 Å². The maximum absolute atomic E-state index is 5.27. The predicted molar refractivity (Wildman–Crippen MR) is 67.1 cm³/mol. The van der Waals surface area contributed by atoms with E-state index in [2.05, 4.69) is 32.5 Å². The molecule has 0 fully saturated rings. The maximum atomic E-state index is 5.27. The minimum Gasteiger partial charge on any atom is -0.424 e. The van der Waals surface area contributed by atoms with Crippen molar-refractivity contribution in [2.75, 3.05) is 24.3 Å². The van der Waals surface area contributed by atoms with Crippen molar-refractivity contribution in [1.82, 2.24) is 10.2 Å². The first kappa shape index (κ1) is 11.4. The molecule has 17 heavy (non-hydrogen) atoms. The molecule has 0 bridgehead atoms. The third-order valence-corrected chi connectivity index (χ3v) is 2.40. The normalized spacial score (nSPS) is 10.3. The predicted octanol–water partition coefficient (Wildman–Crippen LogP) is 2.06. The van der Waals surface area contributed by atoms with Crippen LogP contribution in [0.1, 0.15) is 11.8 Å². The first-order valence-electron chi connectivity index (χ1n) is 5.45. The number of aromatic nitrogens is 2. The van der Waals surface area contributed by atoms with Gasteiger partial charge in [-0.3, -0.25) is 0 Å². The Kier molecular flexibility index (Phi) is 3.27. The second-order valence-electron chi connectivity index (χ2n) is 4.01. The van der Waals surface area contributed by atoms with E-state index in [1.54, 1.807) is 6.92 Å². The largest absolute Gasteiger partial charge is 0.424 e. The molecule has 2 aromatic rings. The zero-order valence-corrected chi connectivity index (χ0v) is 10.3. The van der Waals surface area contributed by atoms with Crippen LogP contribution in [0.3, 0.4) is 0 Å². The first-order chi connectivity index (χ1) is 8.15. The van der Waals surface area contributed by atoms with Crippen molar-refractivity contribution >= 4 is 11.4 Å². The summed E-state index contributed by atoms with van der Waals surface area (Å²) >= 11 is 0. The third-order valence-electron chi connectivity index (χ3n) is 2.40. The van der Waals surface area contributed by atoms with Gasteiger partial charge in [-0.05, 0) is 24.3 Å². The van der Waals surface area contributed by atoms with E-state index in [4.69, 9.17) is 4.42 Å². The van der Waals surface area contributed by atoms with Gasteiger partial charge in [-0.15, -0.1) is 10.2 Å². The summed E-state index contributed by atoms with van der Waals surface area (Å²) in [7, 11) is 4.04. The number of hydrogen-bond donors (Lipinski definition) is 1. The summed E-state index contributed by atoms with van der Waals surface area (Å²) in [6.45, 7) is 2.32. The highest BCUT2D eigenvalue weighted by Gasteiger charge is 2.01. The SMILES string of the molecule is Cc1nnc(CNc2ccc(N(C)C)cc2)o1. The van der Waals surface area contributed by atoms with Crippen molar-refractivity contribution in [1.29, 1.82) is 0 Å². The molecule has 90 valence electrons. The molecule has 0 amide bonds. The molecule has 0 saturated heterocycles. The highest BCUT2D eigenvalue weighted by atomic mass is 16.4. The molecule has 0 aliphatic carbocycles. The highest BCUT2D eigenvalue weighted by Crippen LogP contribution is 2.16. The number of hydrogen-bond acceptors (Lipinski definition) is 5. The van der Waals surface area contributed by atoms with Crippen molar-refractivity contribution in [3.8, 4) is 0 Å². The molecule has 1 N–H and O–H groups in total. The Bertz CT molecular complexity index is 476. The average molecular weight is 232 g/mol. The quantitative estimate of drug-likeness (QED) is 0.874. The topological polar surface area (TPSA) is 54.2 Å². The summed E-state index contributed by atoms with van der Waals surface area (Å²) in [5, 5.41) is 10.9. The van der Waals surface area contributed by atoms with Crippen molar-refractivity contribution in [2.24, 2.45) is 0 Å². The number of anilines is 2. The molecule has 2 rings (SSSR count). The van der Waals surface area contributed by atoms with Crippen LogP contribution in [0.5, 0.6) is 0 Å². The molecule has 0 unspecified atom stereocenters. The molecule has 0 aliphatic heterocycles. The minimum atomic E-state index is 0.544. The smallest absolute Gasteiger partial charge is 0.235 e. The molecule has 1 heterocycles. The zero-order valence-electron chi connectivity index (χ0n) is 10.3. The van der Waals surface area contributed by atoms with Crippen LogP contribution in [0.25, 0.3) is 0 Å². The minimum absolute atomic E-state index is 0.544. The molecule has 0 radical (unpaired) electrons. The van der Waals surface area contributed by atoms with Crippen molar-refractivity contribution in [3.05, 3.63) is 36.0 Å². The van der Waals surface area contributed by atoms with E-state index >= 15 is 0 Å². The molecule has 1 aromatic heterocycles. The van der Waals surface area contributed by atoms with Crippen LogP contribution in [0.15, 0.2) is 28.7 Å². The van der Waals surface area contributed by atoms with E-state index in [9.17, 15) is 0 Å². The fraction of sp³-hybridized carbons (Fsp3) is 0.333. The summed E-state index contributed by atoms with van der Waals surface area (Å²) < 4.78 is 5.27. The standard InChI is InChI=1S/C12H16N4O/c1-9-14-15-12(17-9)8-13-10-4-6-11(7-5-10)16(2)3/h4-7,13H,8H2,1-3H3. The van der Waals surface area contributed by atoms with Gasteiger partial charge in [-0.2, -0.15) is 0 Å². The Morgan fingerprint density at radius 2 is 1.88 bits per heavy atom. The van der Waals surface area contributed by atoms with Crippen LogP contribution in [0.4, 0.5) is 11.4 Å². The lowest BCUT2D eigenvalue weighted by Gasteiger charge is -2.12. The third kappa shape index (κ3) is 2.96. The van der Waals surface area contributed by atoms with Crippen LogP contribution in [-0.2, 0) is 6.54 Å². The molecule has 0 spiro atoms. The monoisotopic (exact) mass is 232 g/mol. The molecule has 5 nitrogen and oxygen atoms in total.